The molecule has 2 bridgehead atoms. The van der Waals surface area contributed by atoms with Crippen LogP contribution in [0.25, 0.3) is 0 Å². The first kappa shape index (κ1) is 25.3. The van der Waals surface area contributed by atoms with Crippen molar-refractivity contribution in [3.8, 4) is 0 Å². The molecule has 1 fully saturated rings. The first-order chi connectivity index (χ1) is 16.3. The van der Waals surface area contributed by atoms with Gasteiger partial charge >= 0.3 is 12.3 Å². The summed E-state index contributed by atoms with van der Waals surface area (Å²) < 4.78 is 46.4. The van der Waals surface area contributed by atoms with Crippen LogP contribution in [0, 0.1) is 0 Å². The van der Waals surface area contributed by atoms with E-state index in [1.165, 1.54) is 0 Å². The SMILES string of the molecule is CC(C)(C)OC(=O)N[C@@H](CC(=O)N1[C@@H]2CC[C@H]1c1nnc(C(F)(F)F)n1C2)Cc1cccc(Cl)c1. The van der Waals surface area contributed by atoms with Gasteiger partial charge in [0.1, 0.15) is 5.60 Å². The zero-order valence-corrected chi connectivity index (χ0v) is 20.4. The Bertz CT molecular complexity index is 1110. The van der Waals surface area contributed by atoms with Crippen LogP contribution in [0.4, 0.5) is 18.0 Å². The Balaban J connectivity index is 1.53. The molecule has 1 aromatic heterocycles. The van der Waals surface area contributed by atoms with E-state index < -0.39 is 41.8 Å². The third kappa shape index (κ3) is 5.71. The number of rotatable bonds is 5. The summed E-state index contributed by atoms with van der Waals surface area (Å²) in [5.74, 6) is -1.17. The number of ether oxygens (including phenoxy) is 1. The van der Waals surface area contributed by atoms with Crippen LogP contribution in [-0.2, 0) is 28.7 Å². The monoisotopic (exact) mass is 513 g/mol. The molecule has 12 heteroatoms. The number of nitrogens with one attached hydrogen (secondary N) is 1. The van der Waals surface area contributed by atoms with E-state index in [4.69, 9.17) is 16.3 Å². The quantitative estimate of drug-likeness (QED) is 0.635. The van der Waals surface area contributed by atoms with Gasteiger partial charge in [0.15, 0.2) is 5.82 Å². The number of alkyl carbamates (subject to hydrolysis) is 1. The average Bonchev–Trinajstić information content (AvgIpc) is 3.27. The molecule has 2 aliphatic rings. The zero-order valence-electron chi connectivity index (χ0n) is 19.6. The second-order valence-corrected chi connectivity index (χ2v) is 10.4. The average molecular weight is 514 g/mol. The number of benzene rings is 1. The van der Waals surface area contributed by atoms with Gasteiger partial charge in [-0.25, -0.2) is 4.79 Å². The van der Waals surface area contributed by atoms with Gasteiger partial charge in [-0.15, -0.1) is 10.2 Å². The van der Waals surface area contributed by atoms with Gasteiger partial charge in [-0.05, 0) is 57.7 Å². The number of amides is 2. The molecule has 2 aromatic rings. The molecule has 1 saturated heterocycles. The number of halogens is 4. The van der Waals surface area contributed by atoms with Gasteiger partial charge < -0.3 is 19.5 Å². The molecule has 0 spiro atoms. The summed E-state index contributed by atoms with van der Waals surface area (Å²) in [6.45, 7) is 5.19. The maximum absolute atomic E-state index is 13.4. The van der Waals surface area contributed by atoms with Crippen molar-refractivity contribution >= 4 is 23.6 Å². The number of hydrogen-bond donors (Lipinski definition) is 1. The van der Waals surface area contributed by atoms with Gasteiger partial charge in [-0.3, -0.25) is 4.79 Å². The highest BCUT2D eigenvalue weighted by Crippen LogP contribution is 2.43. The Morgan fingerprint density at radius 1 is 1.23 bits per heavy atom. The molecule has 0 aliphatic carbocycles. The summed E-state index contributed by atoms with van der Waals surface area (Å²) in [6, 6.07) is 5.50. The lowest BCUT2D eigenvalue weighted by atomic mass is 10.0. The highest BCUT2D eigenvalue weighted by atomic mass is 35.5. The molecule has 8 nitrogen and oxygen atoms in total. The van der Waals surface area contributed by atoms with Crippen LogP contribution in [0.15, 0.2) is 24.3 Å². The van der Waals surface area contributed by atoms with Gasteiger partial charge in [0.25, 0.3) is 0 Å². The van der Waals surface area contributed by atoms with Crippen LogP contribution >= 0.6 is 11.6 Å². The largest absolute Gasteiger partial charge is 0.451 e. The summed E-state index contributed by atoms with van der Waals surface area (Å²) in [4.78, 5) is 27.5. The standard InChI is InChI=1S/C23H27ClF3N5O3/c1-22(2,3)35-21(34)28-15(10-13-5-4-6-14(24)9-13)11-18(33)32-16-7-8-17(32)19-29-30-20(23(25,26)27)31(19)12-16/h4-6,9,15-17H,7-8,10-12H2,1-3H3,(H,28,34)/t15-,16-,17+/m1/s1. The highest BCUT2D eigenvalue weighted by molar-refractivity contribution is 6.30. The van der Waals surface area contributed by atoms with E-state index in [2.05, 4.69) is 15.5 Å². The highest BCUT2D eigenvalue weighted by Gasteiger charge is 2.48. The van der Waals surface area contributed by atoms with E-state index in [0.29, 0.717) is 24.3 Å². The number of hydrogen-bond acceptors (Lipinski definition) is 5. The van der Waals surface area contributed by atoms with Crippen LogP contribution < -0.4 is 5.32 Å². The predicted molar refractivity (Wildman–Crippen MR) is 121 cm³/mol. The molecule has 1 N–H and O–H groups in total. The number of fused-ring (bicyclic) bond motifs is 4. The Morgan fingerprint density at radius 2 is 1.97 bits per heavy atom. The first-order valence-electron chi connectivity index (χ1n) is 11.4. The fraction of sp³-hybridized carbons (Fsp3) is 0.565. The molecule has 2 aliphatic heterocycles. The lowest BCUT2D eigenvalue weighted by molar-refractivity contribution is -0.148. The van der Waals surface area contributed by atoms with Crippen LogP contribution in [0.1, 0.15) is 63.3 Å². The van der Waals surface area contributed by atoms with Crippen molar-refractivity contribution in [2.75, 3.05) is 0 Å². The van der Waals surface area contributed by atoms with Gasteiger partial charge in [0, 0.05) is 24.0 Å². The molecule has 1 aromatic carbocycles. The minimum Gasteiger partial charge on any atom is -0.444 e. The van der Waals surface area contributed by atoms with Crippen molar-refractivity contribution in [3.63, 3.8) is 0 Å². The van der Waals surface area contributed by atoms with Crippen molar-refractivity contribution < 1.29 is 27.5 Å². The Morgan fingerprint density at radius 3 is 2.63 bits per heavy atom. The third-order valence-corrected chi connectivity index (χ3v) is 6.26. The van der Waals surface area contributed by atoms with E-state index in [1.54, 1.807) is 43.9 Å². The predicted octanol–water partition coefficient (Wildman–Crippen LogP) is 4.52. The fourth-order valence-corrected chi connectivity index (χ4v) is 4.98. The first-order valence-corrected chi connectivity index (χ1v) is 11.7. The van der Waals surface area contributed by atoms with Crippen molar-refractivity contribution in [1.29, 1.82) is 0 Å². The van der Waals surface area contributed by atoms with E-state index in [9.17, 15) is 22.8 Å². The molecular weight excluding hydrogens is 487 g/mol. The van der Waals surface area contributed by atoms with Gasteiger partial charge in [0.05, 0.1) is 12.1 Å². The Kier molecular flexibility index (Phi) is 6.74. The summed E-state index contributed by atoms with van der Waals surface area (Å²) >= 11 is 6.09. The van der Waals surface area contributed by atoms with E-state index >= 15 is 0 Å². The Hall–Kier alpha value is -2.82. The summed E-state index contributed by atoms with van der Waals surface area (Å²) in [5.41, 5.74) is 0.101. The van der Waals surface area contributed by atoms with Crippen molar-refractivity contribution in [3.05, 3.63) is 46.5 Å². The molecule has 0 radical (unpaired) electrons. The van der Waals surface area contributed by atoms with Gasteiger partial charge in [-0.2, -0.15) is 13.2 Å². The van der Waals surface area contributed by atoms with Crippen LogP contribution in [0.5, 0.6) is 0 Å². The molecule has 0 saturated carbocycles. The topological polar surface area (TPSA) is 89.3 Å². The van der Waals surface area contributed by atoms with Crippen LogP contribution in [-0.4, -0.2) is 49.3 Å². The minimum absolute atomic E-state index is 0.0160. The molecule has 2 amide bonds. The zero-order chi connectivity index (χ0) is 25.5. The Labute approximate surface area is 205 Å². The molecule has 4 rings (SSSR count). The van der Waals surface area contributed by atoms with Gasteiger partial charge in [0.2, 0.25) is 11.7 Å². The van der Waals surface area contributed by atoms with E-state index in [0.717, 1.165) is 10.1 Å². The lowest BCUT2D eigenvalue weighted by Crippen LogP contribution is -2.48. The maximum atomic E-state index is 13.4. The number of carbonyl (C=O) groups is 2. The molecule has 3 heterocycles. The number of nitrogens with zero attached hydrogens (tertiary/aromatic N) is 4. The molecule has 190 valence electrons. The summed E-state index contributed by atoms with van der Waals surface area (Å²) in [7, 11) is 0. The fourth-order valence-electron chi connectivity index (χ4n) is 4.77. The summed E-state index contributed by atoms with van der Waals surface area (Å²) in [5, 5.41) is 10.4. The minimum atomic E-state index is -4.61. The third-order valence-electron chi connectivity index (χ3n) is 6.03. The smallest absolute Gasteiger partial charge is 0.444 e. The van der Waals surface area contributed by atoms with Gasteiger partial charge in [-0.1, -0.05) is 23.7 Å². The number of aromatic nitrogens is 3. The number of carbonyl (C=O) groups excluding carboxylic acids is 2. The molecule has 3 atom stereocenters. The van der Waals surface area contributed by atoms with E-state index in [-0.39, 0.29) is 24.7 Å². The molecule has 0 unspecified atom stereocenters. The second kappa shape index (κ2) is 9.33. The molecular formula is C23H27ClF3N5O3. The van der Waals surface area contributed by atoms with Crippen molar-refractivity contribution in [2.24, 2.45) is 0 Å². The lowest BCUT2D eigenvalue weighted by Gasteiger charge is -2.36. The number of alkyl halides is 3. The summed E-state index contributed by atoms with van der Waals surface area (Å²) in [6.07, 6.45) is -3.94. The van der Waals surface area contributed by atoms with E-state index in [1.807, 2.05) is 6.07 Å². The normalized spacial score (nSPS) is 20.4. The van der Waals surface area contributed by atoms with Crippen molar-refractivity contribution in [2.45, 2.75) is 82.9 Å². The van der Waals surface area contributed by atoms with Crippen LogP contribution in [0.2, 0.25) is 5.02 Å². The van der Waals surface area contributed by atoms with Crippen molar-refractivity contribution in [1.82, 2.24) is 25.0 Å². The van der Waals surface area contributed by atoms with Crippen LogP contribution in [0.3, 0.4) is 0 Å². The second-order valence-electron chi connectivity index (χ2n) is 9.92. The molecule has 35 heavy (non-hydrogen) atoms. The maximum Gasteiger partial charge on any atom is 0.451 e.